The van der Waals surface area contributed by atoms with Gasteiger partial charge < -0.3 is 15.0 Å². The third-order valence-corrected chi connectivity index (χ3v) is 4.05. The van der Waals surface area contributed by atoms with Gasteiger partial charge in [0.25, 0.3) is 0 Å². The molecule has 1 N–H and O–H groups in total. The van der Waals surface area contributed by atoms with E-state index in [0.717, 1.165) is 18.0 Å². The van der Waals surface area contributed by atoms with E-state index in [2.05, 4.69) is 5.32 Å². The van der Waals surface area contributed by atoms with Crippen molar-refractivity contribution in [3.05, 3.63) is 34.6 Å². The Kier molecular flexibility index (Phi) is 8.84. The molecule has 0 aliphatic heterocycles. The summed E-state index contributed by atoms with van der Waals surface area (Å²) < 4.78 is 18.2. The highest BCUT2D eigenvalue weighted by molar-refractivity contribution is 6.31. The number of amides is 1. The number of halogens is 3. The molecule has 1 aromatic carbocycles. The Morgan fingerprint density at radius 1 is 1.48 bits per heavy atom. The summed E-state index contributed by atoms with van der Waals surface area (Å²) in [5.74, 6) is 0.347. The third-order valence-electron chi connectivity index (χ3n) is 3.70. The van der Waals surface area contributed by atoms with Gasteiger partial charge in [0.2, 0.25) is 5.91 Å². The molecule has 0 radical (unpaired) electrons. The first kappa shape index (κ1) is 20.2. The topological polar surface area (TPSA) is 41.6 Å². The first-order valence-corrected chi connectivity index (χ1v) is 7.89. The molecular weight excluding hydrogens is 342 g/mol. The SMILES string of the molecule is COCCN(Cc1ccc(F)cc1Cl)C(=O)CNCC1CC1.Cl. The lowest BCUT2D eigenvalue weighted by atomic mass is 10.2. The number of carbonyl (C=O) groups excluding carboxylic acids is 1. The van der Waals surface area contributed by atoms with Crippen LogP contribution in [0, 0.1) is 11.7 Å². The number of hydrogen-bond acceptors (Lipinski definition) is 3. The lowest BCUT2D eigenvalue weighted by Crippen LogP contribution is -2.40. The monoisotopic (exact) mass is 364 g/mol. The molecule has 1 fully saturated rings. The average molecular weight is 365 g/mol. The van der Waals surface area contributed by atoms with Crippen molar-refractivity contribution in [1.82, 2.24) is 10.2 Å². The lowest BCUT2D eigenvalue weighted by Gasteiger charge is -2.23. The molecule has 1 aliphatic carbocycles. The Balaban J connectivity index is 0.00000264. The van der Waals surface area contributed by atoms with Crippen molar-refractivity contribution in [3.8, 4) is 0 Å². The van der Waals surface area contributed by atoms with E-state index in [0.29, 0.717) is 31.3 Å². The fourth-order valence-corrected chi connectivity index (χ4v) is 2.39. The molecule has 4 nitrogen and oxygen atoms in total. The predicted molar refractivity (Wildman–Crippen MR) is 91.5 cm³/mol. The number of nitrogens with one attached hydrogen (secondary N) is 1. The van der Waals surface area contributed by atoms with Crippen LogP contribution in [0.3, 0.4) is 0 Å². The number of methoxy groups -OCH3 is 1. The second-order valence-corrected chi connectivity index (χ2v) is 6.03. The quantitative estimate of drug-likeness (QED) is 0.732. The molecule has 1 saturated carbocycles. The minimum atomic E-state index is -0.380. The van der Waals surface area contributed by atoms with E-state index in [1.807, 2.05) is 0 Å². The summed E-state index contributed by atoms with van der Waals surface area (Å²) in [6.07, 6.45) is 2.50. The molecule has 2 rings (SSSR count). The van der Waals surface area contributed by atoms with E-state index in [4.69, 9.17) is 16.3 Å². The van der Waals surface area contributed by atoms with Crippen LogP contribution >= 0.6 is 24.0 Å². The maximum absolute atomic E-state index is 13.1. The molecular formula is C16H23Cl2FN2O2. The summed E-state index contributed by atoms with van der Waals surface area (Å²) in [6.45, 7) is 2.48. The fourth-order valence-electron chi connectivity index (χ4n) is 2.17. The van der Waals surface area contributed by atoms with E-state index >= 15 is 0 Å². The Bertz CT molecular complexity index is 513. The molecule has 1 amide bonds. The Hall–Kier alpha value is -0.880. The zero-order valence-electron chi connectivity index (χ0n) is 13.2. The normalized spacial score (nSPS) is 13.5. The van der Waals surface area contributed by atoms with Gasteiger partial charge in [0.15, 0.2) is 0 Å². The zero-order valence-corrected chi connectivity index (χ0v) is 14.8. The van der Waals surface area contributed by atoms with Crippen LogP contribution in [-0.2, 0) is 16.1 Å². The van der Waals surface area contributed by atoms with E-state index in [-0.39, 0.29) is 24.1 Å². The van der Waals surface area contributed by atoms with Gasteiger partial charge in [-0.25, -0.2) is 4.39 Å². The van der Waals surface area contributed by atoms with Crippen LogP contribution in [0.4, 0.5) is 4.39 Å². The number of ether oxygens (including phenoxy) is 1. The zero-order chi connectivity index (χ0) is 15.9. The molecule has 0 saturated heterocycles. The van der Waals surface area contributed by atoms with Crippen LogP contribution in [0.25, 0.3) is 0 Å². The lowest BCUT2D eigenvalue weighted by molar-refractivity contribution is -0.131. The van der Waals surface area contributed by atoms with Gasteiger partial charge in [-0.3, -0.25) is 4.79 Å². The Morgan fingerprint density at radius 2 is 2.22 bits per heavy atom. The minimum absolute atomic E-state index is 0. The molecule has 23 heavy (non-hydrogen) atoms. The summed E-state index contributed by atoms with van der Waals surface area (Å²) in [5.41, 5.74) is 0.731. The van der Waals surface area contributed by atoms with Crippen LogP contribution in [0.2, 0.25) is 5.02 Å². The van der Waals surface area contributed by atoms with Crippen LogP contribution < -0.4 is 5.32 Å². The summed E-state index contributed by atoms with van der Waals surface area (Å²) in [4.78, 5) is 14.0. The van der Waals surface area contributed by atoms with Gasteiger partial charge in [-0.2, -0.15) is 0 Å². The Labute approximate surface area is 147 Å². The highest BCUT2D eigenvalue weighted by Gasteiger charge is 2.21. The molecule has 0 heterocycles. The second-order valence-electron chi connectivity index (χ2n) is 5.62. The minimum Gasteiger partial charge on any atom is -0.383 e. The van der Waals surface area contributed by atoms with Crippen LogP contribution in [-0.4, -0.2) is 44.2 Å². The summed E-state index contributed by atoms with van der Waals surface area (Å²) in [7, 11) is 1.60. The predicted octanol–water partition coefficient (Wildman–Crippen LogP) is 2.88. The van der Waals surface area contributed by atoms with Crippen molar-refractivity contribution in [2.75, 3.05) is 33.4 Å². The number of rotatable bonds is 9. The van der Waals surface area contributed by atoms with Gasteiger partial charge in [-0.05, 0) is 43.0 Å². The summed E-state index contributed by atoms with van der Waals surface area (Å²) in [5, 5.41) is 3.52. The summed E-state index contributed by atoms with van der Waals surface area (Å²) in [6, 6.07) is 4.23. The molecule has 0 bridgehead atoms. The largest absolute Gasteiger partial charge is 0.383 e. The van der Waals surface area contributed by atoms with Crippen LogP contribution in [0.5, 0.6) is 0 Å². The number of carbonyl (C=O) groups is 1. The first-order chi connectivity index (χ1) is 10.6. The number of hydrogen-bond donors (Lipinski definition) is 1. The molecule has 0 spiro atoms. The number of benzene rings is 1. The van der Waals surface area contributed by atoms with Crippen molar-refractivity contribution in [2.24, 2.45) is 5.92 Å². The smallest absolute Gasteiger partial charge is 0.236 e. The third kappa shape index (κ3) is 7.04. The Morgan fingerprint density at radius 3 is 2.83 bits per heavy atom. The van der Waals surface area contributed by atoms with Gasteiger partial charge in [0.05, 0.1) is 13.2 Å². The van der Waals surface area contributed by atoms with Crippen molar-refractivity contribution >= 4 is 29.9 Å². The molecule has 130 valence electrons. The van der Waals surface area contributed by atoms with Crippen molar-refractivity contribution in [3.63, 3.8) is 0 Å². The van der Waals surface area contributed by atoms with Gasteiger partial charge >= 0.3 is 0 Å². The standard InChI is InChI=1S/C16H22ClFN2O2.ClH/c1-22-7-6-20(16(21)10-19-9-12-2-3-12)11-13-4-5-14(18)8-15(13)17;/h4-5,8,12,19H,2-3,6-7,9-11H2,1H3;1H. The highest BCUT2D eigenvalue weighted by Crippen LogP contribution is 2.27. The average Bonchev–Trinajstić information content (AvgIpc) is 3.29. The molecule has 0 aromatic heterocycles. The van der Waals surface area contributed by atoms with Gasteiger partial charge in [-0.1, -0.05) is 17.7 Å². The van der Waals surface area contributed by atoms with Gasteiger partial charge in [0.1, 0.15) is 5.82 Å². The fraction of sp³-hybridized carbons (Fsp3) is 0.562. The molecule has 7 heteroatoms. The molecule has 1 aliphatic rings. The number of nitrogens with zero attached hydrogens (tertiary/aromatic N) is 1. The summed E-state index contributed by atoms with van der Waals surface area (Å²) >= 11 is 6.04. The first-order valence-electron chi connectivity index (χ1n) is 7.51. The molecule has 0 unspecified atom stereocenters. The van der Waals surface area contributed by atoms with Crippen molar-refractivity contribution < 1.29 is 13.9 Å². The molecule has 0 atom stereocenters. The van der Waals surface area contributed by atoms with Gasteiger partial charge in [-0.15, -0.1) is 12.4 Å². The van der Waals surface area contributed by atoms with Crippen molar-refractivity contribution in [2.45, 2.75) is 19.4 Å². The molecule has 1 aromatic rings. The van der Waals surface area contributed by atoms with E-state index in [9.17, 15) is 9.18 Å². The van der Waals surface area contributed by atoms with Gasteiger partial charge in [0, 0.05) is 25.2 Å². The highest BCUT2D eigenvalue weighted by atomic mass is 35.5. The van der Waals surface area contributed by atoms with E-state index in [1.165, 1.54) is 25.0 Å². The maximum Gasteiger partial charge on any atom is 0.236 e. The van der Waals surface area contributed by atoms with Crippen molar-refractivity contribution in [1.29, 1.82) is 0 Å². The second kappa shape index (κ2) is 10.1. The van der Waals surface area contributed by atoms with Crippen LogP contribution in [0.15, 0.2) is 18.2 Å². The maximum atomic E-state index is 13.1. The van der Waals surface area contributed by atoms with E-state index in [1.54, 1.807) is 18.1 Å². The van der Waals surface area contributed by atoms with E-state index < -0.39 is 0 Å². The van der Waals surface area contributed by atoms with Crippen LogP contribution in [0.1, 0.15) is 18.4 Å².